The number of benzene rings is 1. The van der Waals surface area contributed by atoms with Crippen LogP contribution < -0.4 is 5.32 Å². The van der Waals surface area contributed by atoms with Gasteiger partial charge < -0.3 is 10.3 Å². The summed E-state index contributed by atoms with van der Waals surface area (Å²) in [6.07, 6.45) is 2.23. The van der Waals surface area contributed by atoms with Gasteiger partial charge in [-0.25, -0.2) is 4.98 Å². The lowest BCUT2D eigenvalue weighted by Gasteiger charge is -2.31. The van der Waals surface area contributed by atoms with Crippen LogP contribution in [-0.4, -0.2) is 46.5 Å². The summed E-state index contributed by atoms with van der Waals surface area (Å²) in [6, 6.07) is 8.32. The molecule has 1 aromatic carbocycles. The Morgan fingerprint density at radius 2 is 2.27 bits per heavy atom. The third-order valence-electron chi connectivity index (χ3n) is 4.12. The van der Waals surface area contributed by atoms with Gasteiger partial charge in [0.25, 0.3) is 0 Å². The maximum absolute atomic E-state index is 11.9. The van der Waals surface area contributed by atoms with Crippen molar-refractivity contribution in [3.63, 3.8) is 0 Å². The molecule has 0 spiro atoms. The third-order valence-corrected chi connectivity index (χ3v) is 4.12. The summed E-state index contributed by atoms with van der Waals surface area (Å²) in [5.74, 6) is 1.54. The van der Waals surface area contributed by atoms with Gasteiger partial charge in [0, 0.05) is 18.5 Å². The zero-order valence-electron chi connectivity index (χ0n) is 13.3. The van der Waals surface area contributed by atoms with E-state index in [4.69, 9.17) is 4.98 Å². The van der Waals surface area contributed by atoms with Crippen molar-refractivity contribution >= 4 is 16.9 Å². The molecule has 2 aromatic rings. The first kappa shape index (κ1) is 15.0. The van der Waals surface area contributed by atoms with Gasteiger partial charge in [0.15, 0.2) is 0 Å². The summed E-state index contributed by atoms with van der Waals surface area (Å²) < 4.78 is 0. The van der Waals surface area contributed by atoms with E-state index >= 15 is 0 Å². The van der Waals surface area contributed by atoms with E-state index in [1.54, 1.807) is 0 Å². The second-order valence-corrected chi connectivity index (χ2v) is 6.44. The lowest BCUT2D eigenvalue weighted by molar-refractivity contribution is -0.123. The number of fused-ring (bicyclic) bond motifs is 1. The molecular weight excluding hydrogens is 276 g/mol. The molecule has 1 atom stereocenters. The molecule has 1 amide bonds. The molecule has 1 aromatic heterocycles. The number of piperidine rings is 1. The summed E-state index contributed by atoms with van der Waals surface area (Å²) >= 11 is 0. The number of imidazole rings is 1. The Morgan fingerprint density at radius 1 is 1.45 bits per heavy atom. The van der Waals surface area contributed by atoms with E-state index in [2.05, 4.69) is 21.3 Å². The number of likely N-dealkylation sites (tertiary alicyclic amines) is 1. The molecule has 5 nitrogen and oxygen atoms in total. The van der Waals surface area contributed by atoms with E-state index in [1.807, 2.05) is 32.0 Å². The fourth-order valence-electron chi connectivity index (χ4n) is 3.16. The number of para-hydroxylation sites is 2. The summed E-state index contributed by atoms with van der Waals surface area (Å²) in [4.78, 5) is 22.3. The van der Waals surface area contributed by atoms with E-state index in [0.717, 1.165) is 42.8 Å². The molecule has 2 N–H and O–H groups in total. The minimum Gasteiger partial charge on any atom is -0.353 e. The van der Waals surface area contributed by atoms with Crippen LogP contribution in [0.5, 0.6) is 0 Å². The number of carbonyl (C=O) groups excluding carboxylic acids is 1. The van der Waals surface area contributed by atoms with E-state index in [-0.39, 0.29) is 11.9 Å². The first-order valence-corrected chi connectivity index (χ1v) is 8.08. The second kappa shape index (κ2) is 6.48. The standard InChI is InChI=1S/C17H24N4O/c1-12(2)18-16(22)11-21-9-5-6-13(10-21)17-19-14-7-3-4-8-15(14)20-17/h3-4,7-8,12-13H,5-6,9-11H2,1-2H3,(H,18,22)(H,19,20). The van der Waals surface area contributed by atoms with Crippen molar-refractivity contribution in [3.8, 4) is 0 Å². The van der Waals surface area contributed by atoms with Crippen molar-refractivity contribution in [2.75, 3.05) is 19.6 Å². The van der Waals surface area contributed by atoms with Crippen LogP contribution in [0.1, 0.15) is 38.4 Å². The van der Waals surface area contributed by atoms with Crippen LogP contribution >= 0.6 is 0 Å². The normalized spacial score (nSPS) is 19.7. The van der Waals surface area contributed by atoms with Crippen LogP contribution in [0, 0.1) is 0 Å². The molecule has 1 unspecified atom stereocenters. The quantitative estimate of drug-likeness (QED) is 0.910. The largest absolute Gasteiger partial charge is 0.353 e. The number of nitrogens with zero attached hydrogens (tertiary/aromatic N) is 2. The fraction of sp³-hybridized carbons (Fsp3) is 0.529. The molecule has 5 heteroatoms. The maximum atomic E-state index is 11.9. The van der Waals surface area contributed by atoms with Crippen molar-refractivity contribution in [1.82, 2.24) is 20.2 Å². The maximum Gasteiger partial charge on any atom is 0.234 e. The number of amides is 1. The van der Waals surface area contributed by atoms with Crippen molar-refractivity contribution in [2.45, 2.75) is 38.6 Å². The smallest absolute Gasteiger partial charge is 0.234 e. The molecule has 22 heavy (non-hydrogen) atoms. The molecular formula is C17H24N4O. The minimum atomic E-state index is 0.111. The Labute approximate surface area is 131 Å². The molecule has 0 aliphatic carbocycles. The third kappa shape index (κ3) is 3.47. The van der Waals surface area contributed by atoms with Gasteiger partial charge >= 0.3 is 0 Å². The Morgan fingerprint density at radius 3 is 3.05 bits per heavy atom. The molecule has 0 radical (unpaired) electrons. The molecule has 118 valence electrons. The van der Waals surface area contributed by atoms with E-state index in [9.17, 15) is 4.79 Å². The molecule has 1 aliphatic rings. The zero-order valence-corrected chi connectivity index (χ0v) is 13.3. The highest BCUT2D eigenvalue weighted by Gasteiger charge is 2.25. The van der Waals surface area contributed by atoms with E-state index < -0.39 is 0 Å². The number of hydrogen-bond donors (Lipinski definition) is 2. The van der Waals surface area contributed by atoms with Crippen LogP contribution in [0.2, 0.25) is 0 Å². The van der Waals surface area contributed by atoms with Crippen LogP contribution in [0.25, 0.3) is 11.0 Å². The predicted octanol–water partition coefficient (Wildman–Crippen LogP) is 2.27. The Kier molecular flexibility index (Phi) is 4.43. The highest BCUT2D eigenvalue weighted by Crippen LogP contribution is 2.26. The topological polar surface area (TPSA) is 61.0 Å². The van der Waals surface area contributed by atoms with Gasteiger partial charge in [-0.1, -0.05) is 12.1 Å². The number of rotatable bonds is 4. The highest BCUT2D eigenvalue weighted by atomic mass is 16.2. The number of aromatic nitrogens is 2. The van der Waals surface area contributed by atoms with Crippen molar-refractivity contribution < 1.29 is 4.79 Å². The predicted molar refractivity (Wildman–Crippen MR) is 87.8 cm³/mol. The minimum absolute atomic E-state index is 0.111. The average molecular weight is 300 g/mol. The van der Waals surface area contributed by atoms with Crippen molar-refractivity contribution in [3.05, 3.63) is 30.1 Å². The fourth-order valence-corrected chi connectivity index (χ4v) is 3.16. The molecule has 0 saturated carbocycles. The van der Waals surface area contributed by atoms with Crippen LogP contribution in [0.15, 0.2) is 24.3 Å². The number of hydrogen-bond acceptors (Lipinski definition) is 3. The monoisotopic (exact) mass is 300 g/mol. The molecule has 1 aliphatic heterocycles. The van der Waals surface area contributed by atoms with Gasteiger partial charge in [-0.3, -0.25) is 9.69 Å². The number of H-pyrrole nitrogens is 1. The molecule has 1 saturated heterocycles. The Balaban J connectivity index is 1.66. The van der Waals surface area contributed by atoms with Gasteiger partial charge in [-0.15, -0.1) is 0 Å². The summed E-state index contributed by atoms with van der Waals surface area (Å²) in [5, 5.41) is 2.96. The zero-order chi connectivity index (χ0) is 15.5. The first-order valence-electron chi connectivity index (χ1n) is 8.08. The van der Waals surface area contributed by atoms with Gasteiger partial charge in [0.1, 0.15) is 5.82 Å². The molecule has 0 bridgehead atoms. The number of carbonyl (C=O) groups is 1. The first-order chi connectivity index (χ1) is 10.6. The Hall–Kier alpha value is -1.88. The second-order valence-electron chi connectivity index (χ2n) is 6.44. The Bertz CT molecular complexity index is 616. The molecule has 1 fully saturated rings. The van der Waals surface area contributed by atoms with Crippen LogP contribution in [0.4, 0.5) is 0 Å². The number of aromatic amines is 1. The number of nitrogens with one attached hydrogen (secondary N) is 2. The van der Waals surface area contributed by atoms with Gasteiger partial charge in [0.05, 0.1) is 17.6 Å². The lowest BCUT2D eigenvalue weighted by atomic mass is 9.97. The lowest BCUT2D eigenvalue weighted by Crippen LogP contribution is -2.43. The van der Waals surface area contributed by atoms with Crippen molar-refractivity contribution in [2.24, 2.45) is 0 Å². The summed E-state index contributed by atoms with van der Waals surface area (Å²) in [7, 11) is 0. The van der Waals surface area contributed by atoms with Crippen LogP contribution in [-0.2, 0) is 4.79 Å². The van der Waals surface area contributed by atoms with E-state index in [1.165, 1.54) is 0 Å². The summed E-state index contributed by atoms with van der Waals surface area (Å²) in [5.41, 5.74) is 2.11. The van der Waals surface area contributed by atoms with Crippen LogP contribution in [0.3, 0.4) is 0 Å². The van der Waals surface area contributed by atoms with Crippen molar-refractivity contribution in [1.29, 1.82) is 0 Å². The van der Waals surface area contributed by atoms with Gasteiger partial charge in [-0.2, -0.15) is 0 Å². The summed E-state index contributed by atoms with van der Waals surface area (Å²) in [6.45, 7) is 6.35. The van der Waals surface area contributed by atoms with E-state index in [0.29, 0.717) is 12.5 Å². The molecule has 3 rings (SSSR count). The SMILES string of the molecule is CC(C)NC(=O)CN1CCCC(c2nc3ccccc3[nH]2)C1. The molecule has 2 heterocycles. The van der Waals surface area contributed by atoms with Gasteiger partial charge in [-0.05, 0) is 45.4 Å². The average Bonchev–Trinajstić information content (AvgIpc) is 2.90. The highest BCUT2D eigenvalue weighted by molar-refractivity contribution is 5.78. The van der Waals surface area contributed by atoms with Gasteiger partial charge in [0.2, 0.25) is 5.91 Å².